The number of carbonyl (C=O) groups excluding carboxylic acids is 2. The zero-order chi connectivity index (χ0) is 17.4. The van der Waals surface area contributed by atoms with Crippen molar-refractivity contribution in [2.75, 3.05) is 17.6 Å². The van der Waals surface area contributed by atoms with Crippen molar-refractivity contribution in [3.8, 4) is 0 Å². The van der Waals surface area contributed by atoms with Crippen LogP contribution in [0.4, 0.5) is 10.8 Å². The van der Waals surface area contributed by atoms with Crippen molar-refractivity contribution in [1.82, 2.24) is 15.5 Å². The third-order valence-corrected chi connectivity index (χ3v) is 4.03. The Hall–Kier alpha value is -2.48. The smallest absolute Gasteiger partial charge is 0.251 e. The van der Waals surface area contributed by atoms with Gasteiger partial charge in [-0.3, -0.25) is 9.59 Å². The van der Waals surface area contributed by atoms with Crippen LogP contribution in [0.2, 0.25) is 0 Å². The van der Waals surface area contributed by atoms with Crippen molar-refractivity contribution in [2.45, 2.75) is 32.6 Å². The number of nitrogens with zero attached hydrogens (tertiary/aromatic N) is 2. The van der Waals surface area contributed by atoms with E-state index in [1.807, 2.05) is 6.92 Å². The molecule has 0 saturated heterocycles. The van der Waals surface area contributed by atoms with Crippen LogP contribution >= 0.6 is 11.3 Å². The minimum absolute atomic E-state index is 0.0496. The Morgan fingerprint density at radius 2 is 2.12 bits per heavy atom. The molecule has 128 valence electrons. The minimum atomic E-state index is -0.168. The van der Waals surface area contributed by atoms with E-state index in [4.69, 9.17) is 5.73 Å². The average Bonchev–Trinajstić information content (AvgIpc) is 2.97. The second kappa shape index (κ2) is 8.97. The molecule has 2 amide bonds. The number of anilines is 2. The maximum atomic E-state index is 12.2. The Morgan fingerprint density at radius 3 is 2.83 bits per heavy atom. The summed E-state index contributed by atoms with van der Waals surface area (Å²) in [4.78, 5) is 23.8. The van der Waals surface area contributed by atoms with E-state index < -0.39 is 0 Å². The summed E-state index contributed by atoms with van der Waals surface area (Å²) in [5.41, 5.74) is 6.67. The molecule has 24 heavy (non-hydrogen) atoms. The largest absolute Gasteiger partial charge is 0.374 e. The lowest BCUT2D eigenvalue weighted by Crippen LogP contribution is -2.25. The number of amides is 2. The van der Waals surface area contributed by atoms with Gasteiger partial charge >= 0.3 is 0 Å². The molecule has 4 N–H and O–H groups in total. The summed E-state index contributed by atoms with van der Waals surface area (Å²) in [5.74, 6) is -0.218. The SMILES string of the molecule is CCCC(=O)Nc1cccc(C(=O)NCCCc2nnc(N)s2)c1. The van der Waals surface area contributed by atoms with Crippen LogP contribution in [-0.2, 0) is 11.2 Å². The van der Waals surface area contributed by atoms with Gasteiger partial charge in [-0.2, -0.15) is 0 Å². The summed E-state index contributed by atoms with van der Waals surface area (Å²) in [7, 11) is 0. The normalized spacial score (nSPS) is 10.4. The van der Waals surface area contributed by atoms with Gasteiger partial charge in [0, 0.05) is 30.6 Å². The third kappa shape index (κ3) is 5.62. The summed E-state index contributed by atoms with van der Waals surface area (Å²) in [6.45, 7) is 2.48. The van der Waals surface area contributed by atoms with E-state index in [0.29, 0.717) is 29.3 Å². The van der Waals surface area contributed by atoms with Gasteiger partial charge in [-0.15, -0.1) is 10.2 Å². The van der Waals surface area contributed by atoms with Gasteiger partial charge in [0.25, 0.3) is 5.91 Å². The Bertz CT molecular complexity index is 701. The number of nitrogens with one attached hydrogen (secondary N) is 2. The highest BCUT2D eigenvalue weighted by Gasteiger charge is 2.08. The maximum absolute atomic E-state index is 12.2. The quantitative estimate of drug-likeness (QED) is 0.634. The zero-order valence-corrected chi connectivity index (χ0v) is 14.4. The van der Waals surface area contributed by atoms with Crippen LogP contribution in [0.5, 0.6) is 0 Å². The topological polar surface area (TPSA) is 110 Å². The first kappa shape index (κ1) is 17.9. The zero-order valence-electron chi connectivity index (χ0n) is 13.5. The lowest BCUT2D eigenvalue weighted by molar-refractivity contribution is -0.116. The highest BCUT2D eigenvalue weighted by molar-refractivity contribution is 7.15. The van der Waals surface area contributed by atoms with E-state index in [-0.39, 0.29) is 11.8 Å². The van der Waals surface area contributed by atoms with Crippen molar-refractivity contribution >= 4 is 34.0 Å². The molecule has 0 aliphatic carbocycles. The fraction of sp³-hybridized carbons (Fsp3) is 0.375. The summed E-state index contributed by atoms with van der Waals surface area (Å²) >= 11 is 1.36. The van der Waals surface area contributed by atoms with Crippen LogP contribution in [0, 0.1) is 0 Å². The number of nitrogens with two attached hydrogens (primary N) is 1. The molecule has 0 aliphatic heterocycles. The summed E-state index contributed by atoms with van der Waals surface area (Å²) in [6.07, 6.45) is 2.73. The minimum Gasteiger partial charge on any atom is -0.374 e. The van der Waals surface area contributed by atoms with Gasteiger partial charge in [-0.1, -0.05) is 24.3 Å². The molecule has 0 fully saturated rings. The number of rotatable bonds is 8. The molecule has 2 aromatic rings. The molecule has 1 aromatic carbocycles. The van der Waals surface area contributed by atoms with Gasteiger partial charge in [-0.25, -0.2) is 0 Å². The van der Waals surface area contributed by atoms with E-state index in [1.54, 1.807) is 24.3 Å². The highest BCUT2D eigenvalue weighted by atomic mass is 32.1. The second-order valence-corrected chi connectivity index (χ2v) is 6.37. The highest BCUT2D eigenvalue weighted by Crippen LogP contribution is 2.13. The second-order valence-electron chi connectivity index (χ2n) is 5.27. The molecule has 0 saturated carbocycles. The van der Waals surface area contributed by atoms with Crippen molar-refractivity contribution in [2.24, 2.45) is 0 Å². The monoisotopic (exact) mass is 347 g/mol. The van der Waals surface area contributed by atoms with Crippen LogP contribution in [-0.4, -0.2) is 28.6 Å². The first-order chi connectivity index (χ1) is 11.6. The predicted molar refractivity (Wildman–Crippen MR) is 95.0 cm³/mol. The number of hydrogen-bond donors (Lipinski definition) is 3. The van der Waals surface area contributed by atoms with Gasteiger partial charge in [0.1, 0.15) is 5.01 Å². The number of carbonyl (C=O) groups is 2. The molecule has 1 aromatic heterocycles. The molecule has 7 nitrogen and oxygen atoms in total. The van der Waals surface area contributed by atoms with Crippen LogP contribution in [0.15, 0.2) is 24.3 Å². The standard InChI is InChI=1S/C16H21N5O2S/c1-2-5-13(22)19-12-7-3-6-11(10-12)15(23)18-9-4-8-14-20-21-16(17)24-14/h3,6-7,10H,2,4-5,8-9H2,1H3,(H2,17,21)(H,18,23)(H,19,22). The van der Waals surface area contributed by atoms with E-state index >= 15 is 0 Å². The molecule has 0 unspecified atom stereocenters. The first-order valence-electron chi connectivity index (χ1n) is 7.84. The molecule has 8 heteroatoms. The number of hydrogen-bond acceptors (Lipinski definition) is 6. The molecule has 2 rings (SSSR count). The number of benzene rings is 1. The van der Waals surface area contributed by atoms with E-state index in [9.17, 15) is 9.59 Å². The van der Waals surface area contributed by atoms with Crippen molar-refractivity contribution in [3.63, 3.8) is 0 Å². The molecule has 0 bridgehead atoms. The van der Waals surface area contributed by atoms with Gasteiger partial charge in [-0.05, 0) is 31.0 Å². The Labute approximate surface area is 144 Å². The molecular weight excluding hydrogens is 326 g/mol. The molecular formula is C16H21N5O2S. The Balaban J connectivity index is 1.80. The van der Waals surface area contributed by atoms with Crippen molar-refractivity contribution < 1.29 is 9.59 Å². The predicted octanol–water partition coefficient (Wildman–Crippen LogP) is 2.22. The van der Waals surface area contributed by atoms with Crippen LogP contribution in [0.3, 0.4) is 0 Å². The maximum Gasteiger partial charge on any atom is 0.251 e. The Kier molecular flexibility index (Phi) is 6.68. The van der Waals surface area contributed by atoms with Crippen molar-refractivity contribution in [3.05, 3.63) is 34.8 Å². The van der Waals surface area contributed by atoms with Gasteiger partial charge in [0.2, 0.25) is 11.0 Å². The summed E-state index contributed by atoms with van der Waals surface area (Å²) in [5, 5.41) is 14.6. The fourth-order valence-corrected chi connectivity index (χ4v) is 2.75. The first-order valence-corrected chi connectivity index (χ1v) is 8.66. The van der Waals surface area contributed by atoms with Gasteiger partial charge in [0.15, 0.2) is 0 Å². The molecule has 0 radical (unpaired) electrons. The number of nitrogen functional groups attached to an aromatic ring is 1. The van der Waals surface area contributed by atoms with Gasteiger partial charge in [0.05, 0.1) is 0 Å². The lowest BCUT2D eigenvalue weighted by atomic mass is 10.1. The van der Waals surface area contributed by atoms with E-state index in [2.05, 4.69) is 20.8 Å². The van der Waals surface area contributed by atoms with Crippen LogP contribution < -0.4 is 16.4 Å². The van der Waals surface area contributed by atoms with Gasteiger partial charge < -0.3 is 16.4 Å². The lowest BCUT2D eigenvalue weighted by Gasteiger charge is -2.08. The van der Waals surface area contributed by atoms with Crippen molar-refractivity contribution in [1.29, 1.82) is 0 Å². The fourth-order valence-electron chi connectivity index (χ4n) is 2.10. The third-order valence-electron chi connectivity index (χ3n) is 3.22. The van der Waals surface area contributed by atoms with Crippen LogP contribution in [0.1, 0.15) is 41.6 Å². The van der Waals surface area contributed by atoms with Crippen LogP contribution in [0.25, 0.3) is 0 Å². The molecule has 0 aliphatic rings. The van der Waals surface area contributed by atoms with E-state index in [0.717, 1.165) is 24.3 Å². The summed E-state index contributed by atoms with van der Waals surface area (Å²) < 4.78 is 0. The molecule has 0 atom stereocenters. The molecule has 0 spiro atoms. The molecule has 1 heterocycles. The number of aromatic nitrogens is 2. The van der Waals surface area contributed by atoms with E-state index in [1.165, 1.54) is 11.3 Å². The number of aryl methyl sites for hydroxylation is 1. The summed E-state index contributed by atoms with van der Waals surface area (Å²) in [6, 6.07) is 6.91. The average molecular weight is 347 g/mol. The Morgan fingerprint density at radius 1 is 1.29 bits per heavy atom.